The molecule has 3 nitrogen and oxygen atoms in total. The summed E-state index contributed by atoms with van der Waals surface area (Å²) in [5.74, 6) is 1.85. The molecular formula is C9H18N2OS. The molecule has 0 unspecified atom stereocenters. The van der Waals surface area contributed by atoms with Crippen LogP contribution in [0, 0.1) is 5.41 Å². The van der Waals surface area contributed by atoms with Gasteiger partial charge in [0.05, 0.1) is 5.66 Å². The SMILES string of the molecule is CNC1(N)CCC2(CC1)CS(=O)C2. The maximum Gasteiger partial charge on any atom is 0.0659 e. The first-order valence-corrected chi connectivity index (χ1v) is 6.39. The summed E-state index contributed by atoms with van der Waals surface area (Å²) in [4.78, 5) is 0. The molecule has 2 fully saturated rings. The lowest BCUT2D eigenvalue weighted by atomic mass is 9.72. The van der Waals surface area contributed by atoms with E-state index in [1.165, 1.54) is 0 Å². The van der Waals surface area contributed by atoms with Gasteiger partial charge >= 0.3 is 0 Å². The van der Waals surface area contributed by atoms with Crippen LogP contribution in [0.4, 0.5) is 0 Å². The van der Waals surface area contributed by atoms with Gasteiger partial charge in [-0.15, -0.1) is 0 Å². The van der Waals surface area contributed by atoms with E-state index in [4.69, 9.17) is 5.73 Å². The highest BCUT2D eigenvalue weighted by atomic mass is 32.2. The van der Waals surface area contributed by atoms with Crippen LogP contribution in [-0.2, 0) is 10.8 Å². The van der Waals surface area contributed by atoms with Gasteiger partial charge in [-0.1, -0.05) is 0 Å². The minimum absolute atomic E-state index is 0.150. The summed E-state index contributed by atoms with van der Waals surface area (Å²) in [7, 11) is 1.41. The first kappa shape index (κ1) is 9.62. The Morgan fingerprint density at radius 3 is 2.15 bits per heavy atom. The van der Waals surface area contributed by atoms with Crippen molar-refractivity contribution in [2.45, 2.75) is 31.3 Å². The molecule has 0 bridgehead atoms. The smallest absolute Gasteiger partial charge is 0.0659 e. The number of nitrogens with one attached hydrogen (secondary N) is 1. The molecule has 0 atom stereocenters. The maximum absolute atomic E-state index is 11.1. The Morgan fingerprint density at radius 2 is 1.77 bits per heavy atom. The van der Waals surface area contributed by atoms with Crippen molar-refractivity contribution in [3.8, 4) is 0 Å². The van der Waals surface area contributed by atoms with Crippen LogP contribution in [0.1, 0.15) is 25.7 Å². The average Bonchev–Trinajstić information content (AvgIpc) is 2.08. The molecule has 13 heavy (non-hydrogen) atoms. The van der Waals surface area contributed by atoms with Crippen LogP contribution in [0.2, 0.25) is 0 Å². The number of nitrogens with two attached hydrogens (primary N) is 1. The van der Waals surface area contributed by atoms with E-state index in [0.29, 0.717) is 5.41 Å². The van der Waals surface area contributed by atoms with Crippen molar-refractivity contribution in [1.29, 1.82) is 0 Å². The molecule has 0 amide bonds. The third kappa shape index (κ3) is 1.67. The van der Waals surface area contributed by atoms with Crippen molar-refractivity contribution < 1.29 is 4.21 Å². The van der Waals surface area contributed by atoms with Crippen LogP contribution < -0.4 is 11.1 Å². The Hall–Kier alpha value is 0.0700. The summed E-state index contributed by atoms with van der Waals surface area (Å²) < 4.78 is 11.1. The fourth-order valence-corrected chi connectivity index (χ4v) is 4.26. The van der Waals surface area contributed by atoms with Gasteiger partial charge in [-0.2, -0.15) is 0 Å². The van der Waals surface area contributed by atoms with E-state index in [2.05, 4.69) is 5.32 Å². The van der Waals surface area contributed by atoms with E-state index in [0.717, 1.165) is 37.2 Å². The summed E-state index contributed by atoms with van der Waals surface area (Å²) in [6, 6.07) is 0. The molecule has 1 spiro atoms. The van der Waals surface area contributed by atoms with Crippen LogP contribution in [-0.4, -0.2) is 28.4 Å². The predicted molar refractivity (Wildman–Crippen MR) is 54.8 cm³/mol. The highest BCUT2D eigenvalue weighted by Crippen LogP contribution is 2.45. The molecule has 1 heterocycles. The zero-order valence-corrected chi connectivity index (χ0v) is 8.95. The van der Waals surface area contributed by atoms with E-state index < -0.39 is 10.8 Å². The highest BCUT2D eigenvalue weighted by molar-refractivity contribution is 7.86. The Labute approximate surface area is 81.9 Å². The van der Waals surface area contributed by atoms with Gasteiger partial charge in [-0.05, 0) is 38.1 Å². The van der Waals surface area contributed by atoms with Gasteiger partial charge in [0.2, 0.25) is 0 Å². The minimum atomic E-state index is -0.517. The van der Waals surface area contributed by atoms with Crippen LogP contribution >= 0.6 is 0 Å². The number of rotatable bonds is 1. The lowest BCUT2D eigenvalue weighted by Gasteiger charge is -2.49. The lowest BCUT2D eigenvalue weighted by molar-refractivity contribution is 0.141. The molecule has 2 aliphatic rings. The van der Waals surface area contributed by atoms with Crippen molar-refractivity contribution in [2.24, 2.45) is 11.1 Å². The Bertz CT molecular complexity index is 224. The van der Waals surface area contributed by atoms with Crippen LogP contribution in [0.25, 0.3) is 0 Å². The molecular weight excluding hydrogens is 184 g/mol. The fraction of sp³-hybridized carbons (Fsp3) is 1.00. The molecule has 0 aromatic rings. The monoisotopic (exact) mass is 202 g/mol. The molecule has 2 rings (SSSR count). The third-order valence-electron chi connectivity index (χ3n) is 3.64. The Kier molecular flexibility index (Phi) is 2.25. The third-order valence-corrected chi connectivity index (χ3v) is 5.50. The predicted octanol–water partition coefficient (Wildman–Crippen LogP) is 0.183. The first-order valence-electron chi connectivity index (χ1n) is 4.90. The van der Waals surface area contributed by atoms with Gasteiger partial charge in [-0.3, -0.25) is 4.21 Å². The summed E-state index contributed by atoms with van der Waals surface area (Å²) >= 11 is 0. The second-order valence-corrected chi connectivity index (χ2v) is 6.09. The van der Waals surface area contributed by atoms with Crippen molar-refractivity contribution in [2.75, 3.05) is 18.6 Å². The second-order valence-electron chi connectivity index (χ2n) is 4.63. The molecule has 0 radical (unpaired) electrons. The molecule has 1 aliphatic carbocycles. The van der Waals surface area contributed by atoms with Crippen molar-refractivity contribution in [3.05, 3.63) is 0 Å². The van der Waals surface area contributed by atoms with Gasteiger partial charge in [0.15, 0.2) is 0 Å². The summed E-state index contributed by atoms with van der Waals surface area (Å²) in [6.07, 6.45) is 4.35. The fourth-order valence-electron chi connectivity index (χ4n) is 2.41. The molecule has 76 valence electrons. The van der Waals surface area contributed by atoms with E-state index in [-0.39, 0.29) is 5.66 Å². The van der Waals surface area contributed by atoms with Crippen LogP contribution in [0.15, 0.2) is 0 Å². The Morgan fingerprint density at radius 1 is 1.23 bits per heavy atom. The lowest BCUT2D eigenvalue weighted by Crippen LogP contribution is -2.59. The highest BCUT2D eigenvalue weighted by Gasteiger charge is 2.47. The van der Waals surface area contributed by atoms with Crippen LogP contribution in [0.5, 0.6) is 0 Å². The summed E-state index contributed by atoms with van der Waals surface area (Å²) in [5, 5.41) is 3.18. The molecule has 1 aliphatic heterocycles. The zero-order valence-electron chi connectivity index (χ0n) is 8.14. The standard InChI is InChI=1S/C9H18N2OS/c1-11-9(10)4-2-8(3-5-9)6-13(12)7-8/h11H,2-7,10H2,1H3. The molecule has 0 aromatic heterocycles. The number of hydrogen-bond donors (Lipinski definition) is 2. The van der Waals surface area contributed by atoms with Gasteiger partial charge in [0.1, 0.15) is 0 Å². The van der Waals surface area contributed by atoms with Gasteiger partial charge in [0.25, 0.3) is 0 Å². The van der Waals surface area contributed by atoms with Crippen LogP contribution in [0.3, 0.4) is 0 Å². The summed E-state index contributed by atoms with van der Waals surface area (Å²) in [5.41, 5.74) is 6.36. The van der Waals surface area contributed by atoms with E-state index in [1.54, 1.807) is 0 Å². The largest absolute Gasteiger partial charge is 0.313 e. The van der Waals surface area contributed by atoms with Gasteiger partial charge < -0.3 is 11.1 Å². The van der Waals surface area contributed by atoms with Crippen molar-refractivity contribution in [3.63, 3.8) is 0 Å². The maximum atomic E-state index is 11.1. The van der Waals surface area contributed by atoms with Crippen molar-refractivity contribution in [1.82, 2.24) is 5.32 Å². The molecule has 4 heteroatoms. The first-order chi connectivity index (χ1) is 6.08. The second kappa shape index (κ2) is 3.04. The van der Waals surface area contributed by atoms with Crippen molar-refractivity contribution >= 4 is 10.8 Å². The summed E-state index contributed by atoms with van der Waals surface area (Å²) in [6.45, 7) is 0. The van der Waals surface area contributed by atoms with E-state index in [9.17, 15) is 4.21 Å². The molecule has 1 saturated heterocycles. The van der Waals surface area contributed by atoms with E-state index in [1.807, 2.05) is 7.05 Å². The van der Waals surface area contributed by atoms with Gasteiger partial charge in [-0.25, -0.2) is 0 Å². The molecule has 1 saturated carbocycles. The molecule has 3 N–H and O–H groups in total. The minimum Gasteiger partial charge on any atom is -0.313 e. The Balaban J connectivity index is 1.93. The molecule has 0 aromatic carbocycles. The zero-order chi connectivity index (χ0) is 9.53. The van der Waals surface area contributed by atoms with Gasteiger partial charge in [0, 0.05) is 22.3 Å². The quantitative estimate of drug-likeness (QED) is 0.597. The average molecular weight is 202 g/mol. The number of hydrogen-bond acceptors (Lipinski definition) is 3. The van der Waals surface area contributed by atoms with E-state index >= 15 is 0 Å². The topological polar surface area (TPSA) is 55.1 Å². The normalized spacial score (nSPS) is 50.5.